The van der Waals surface area contributed by atoms with Crippen LogP contribution < -0.4 is 5.32 Å². The van der Waals surface area contributed by atoms with Crippen molar-refractivity contribution in [3.63, 3.8) is 0 Å². The lowest BCUT2D eigenvalue weighted by molar-refractivity contribution is -0.117. The number of methoxy groups -OCH3 is 1. The maximum Gasteiger partial charge on any atom is 0.227 e. The predicted molar refractivity (Wildman–Crippen MR) is 68.2 cm³/mol. The minimum atomic E-state index is 0.117. The Balaban J connectivity index is 1.82. The number of benzene rings is 1. The molecule has 1 fully saturated rings. The van der Waals surface area contributed by atoms with Crippen LogP contribution in [-0.4, -0.2) is 23.0 Å². The van der Waals surface area contributed by atoms with Crippen molar-refractivity contribution in [2.75, 3.05) is 12.4 Å². The van der Waals surface area contributed by atoms with E-state index in [0.29, 0.717) is 6.61 Å². The van der Waals surface area contributed by atoms with E-state index in [2.05, 4.69) is 15.3 Å². The van der Waals surface area contributed by atoms with Gasteiger partial charge in [0.2, 0.25) is 5.91 Å². The van der Waals surface area contributed by atoms with E-state index in [0.717, 1.165) is 35.4 Å². The normalized spacial score (nSPS) is 14.9. The van der Waals surface area contributed by atoms with Crippen molar-refractivity contribution in [1.29, 1.82) is 0 Å². The van der Waals surface area contributed by atoms with Crippen molar-refractivity contribution in [3.05, 3.63) is 24.0 Å². The first kappa shape index (κ1) is 11.2. The number of ether oxygens (including phenoxy) is 1. The van der Waals surface area contributed by atoms with Gasteiger partial charge in [0.05, 0.1) is 11.0 Å². The lowest BCUT2D eigenvalue weighted by Gasteiger charge is -2.03. The average Bonchev–Trinajstić information content (AvgIpc) is 3.11. The summed E-state index contributed by atoms with van der Waals surface area (Å²) in [6.45, 7) is 0.457. The maximum absolute atomic E-state index is 11.7. The monoisotopic (exact) mass is 245 g/mol. The summed E-state index contributed by atoms with van der Waals surface area (Å²) in [5.74, 6) is 1.12. The Morgan fingerprint density at radius 3 is 3.11 bits per heavy atom. The molecule has 5 nitrogen and oxygen atoms in total. The van der Waals surface area contributed by atoms with Crippen molar-refractivity contribution in [1.82, 2.24) is 9.97 Å². The van der Waals surface area contributed by atoms with Crippen LogP contribution >= 0.6 is 0 Å². The number of rotatable bonds is 4. The van der Waals surface area contributed by atoms with Crippen LogP contribution in [0.2, 0.25) is 0 Å². The number of nitrogens with one attached hydrogen (secondary N) is 2. The maximum atomic E-state index is 11.7. The number of anilines is 1. The standard InChI is InChI=1S/C13H15N3O2/c1-18-7-12-15-10-5-4-9(6-11(10)16-12)14-13(17)8-2-3-8/h4-6,8H,2-3,7H2,1H3,(H,14,17)(H,15,16). The van der Waals surface area contributed by atoms with Gasteiger partial charge >= 0.3 is 0 Å². The highest BCUT2D eigenvalue weighted by Gasteiger charge is 2.29. The van der Waals surface area contributed by atoms with Crippen LogP contribution in [-0.2, 0) is 16.1 Å². The SMILES string of the molecule is COCc1nc2ccc(NC(=O)C3CC3)cc2[nH]1. The number of hydrogen-bond donors (Lipinski definition) is 2. The topological polar surface area (TPSA) is 67.0 Å². The Kier molecular flexibility index (Phi) is 2.76. The van der Waals surface area contributed by atoms with Crippen molar-refractivity contribution >= 4 is 22.6 Å². The first-order valence-corrected chi connectivity index (χ1v) is 6.05. The van der Waals surface area contributed by atoms with Crippen LogP contribution in [0.25, 0.3) is 11.0 Å². The molecule has 5 heteroatoms. The second-order valence-corrected chi connectivity index (χ2v) is 4.61. The number of amides is 1. The number of aromatic nitrogens is 2. The van der Waals surface area contributed by atoms with Gasteiger partial charge in [-0.1, -0.05) is 0 Å². The van der Waals surface area contributed by atoms with Gasteiger partial charge in [-0.3, -0.25) is 4.79 Å². The van der Waals surface area contributed by atoms with E-state index in [1.807, 2.05) is 18.2 Å². The zero-order valence-electron chi connectivity index (χ0n) is 10.2. The molecule has 0 aliphatic heterocycles. The van der Waals surface area contributed by atoms with Gasteiger partial charge in [0.1, 0.15) is 12.4 Å². The van der Waals surface area contributed by atoms with Gasteiger partial charge in [0, 0.05) is 18.7 Å². The molecule has 0 bridgehead atoms. The summed E-state index contributed by atoms with van der Waals surface area (Å²) in [5.41, 5.74) is 2.61. The van der Waals surface area contributed by atoms with E-state index in [1.54, 1.807) is 7.11 Å². The number of carbonyl (C=O) groups is 1. The van der Waals surface area contributed by atoms with Gasteiger partial charge < -0.3 is 15.0 Å². The van der Waals surface area contributed by atoms with Crippen molar-refractivity contribution in [2.24, 2.45) is 5.92 Å². The van der Waals surface area contributed by atoms with E-state index >= 15 is 0 Å². The van der Waals surface area contributed by atoms with Crippen molar-refractivity contribution < 1.29 is 9.53 Å². The van der Waals surface area contributed by atoms with Gasteiger partial charge in [0.15, 0.2) is 0 Å². The number of aromatic amines is 1. The Hall–Kier alpha value is -1.88. The fourth-order valence-electron chi connectivity index (χ4n) is 1.94. The zero-order valence-corrected chi connectivity index (χ0v) is 10.2. The third-order valence-corrected chi connectivity index (χ3v) is 3.03. The average molecular weight is 245 g/mol. The molecule has 0 spiro atoms. The first-order valence-electron chi connectivity index (χ1n) is 6.05. The van der Waals surface area contributed by atoms with Crippen molar-refractivity contribution in [2.45, 2.75) is 19.4 Å². The predicted octanol–water partition coefficient (Wildman–Crippen LogP) is 2.06. The van der Waals surface area contributed by atoms with Crippen LogP contribution in [0, 0.1) is 5.92 Å². The molecule has 1 heterocycles. The third-order valence-electron chi connectivity index (χ3n) is 3.03. The third kappa shape index (κ3) is 2.22. The van der Waals surface area contributed by atoms with E-state index in [-0.39, 0.29) is 11.8 Å². The van der Waals surface area contributed by atoms with Crippen LogP contribution in [0.1, 0.15) is 18.7 Å². The number of imidazole rings is 1. The molecular weight excluding hydrogens is 230 g/mol. The number of carbonyl (C=O) groups excluding carboxylic acids is 1. The molecule has 0 unspecified atom stereocenters. The molecule has 1 aliphatic carbocycles. The van der Waals surface area contributed by atoms with Gasteiger partial charge in [-0.15, -0.1) is 0 Å². The smallest absolute Gasteiger partial charge is 0.227 e. The highest BCUT2D eigenvalue weighted by molar-refractivity contribution is 5.95. The fraction of sp³-hybridized carbons (Fsp3) is 0.385. The number of nitrogens with zero attached hydrogens (tertiary/aromatic N) is 1. The summed E-state index contributed by atoms with van der Waals surface area (Å²) in [4.78, 5) is 19.2. The number of H-pyrrole nitrogens is 1. The fourth-order valence-corrected chi connectivity index (χ4v) is 1.94. The first-order chi connectivity index (χ1) is 8.76. The zero-order chi connectivity index (χ0) is 12.5. The Morgan fingerprint density at radius 1 is 1.56 bits per heavy atom. The second-order valence-electron chi connectivity index (χ2n) is 4.61. The van der Waals surface area contributed by atoms with Crippen molar-refractivity contribution in [3.8, 4) is 0 Å². The lowest BCUT2D eigenvalue weighted by atomic mass is 10.2. The summed E-state index contributed by atoms with van der Waals surface area (Å²) in [6.07, 6.45) is 2.02. The van der Waals surface area contributed by atoms with Gasteiger partial charge in [-0.2, -0.15) is 0 Å². The summed E-state index contributed by atoms with van der Waals surface area (Å²) in [7, 11) is 1.63. The number of fused-ring (bicyclic) bond motifs is 1. The van der Waals surface area contributed by atoms with Crippen LogP contribution in [0.4, 0.5) is 5.69 Å². The molecule has 2 aromatic rings. The minimum absolute atomic E-state index is 0.117. The molecule has 0 radical (unpaired) electrons. The lowest BCUT2D eigenvalue weighted by Crippen LogP contribution is -2.12. The van der Waals surface area contributed by atoms with E-state index in [9.17, 15) is 4.79 Å². The molecular formula is C13H15N3O2. The quantitative estimate of drug-likeness (QED) is 0.866. The highest BCUT2D eigenvalue weighted by Crippen LogP contribution is 2.30. The molecule has 0 atom stereocenters. The second kappa shape index (κ2) is 4.42. The number of hydrogen-bond acceptors (Lipinski definition) is 3. The van der Waals surface area contributed by atoms with Crippen LogP contribution in [0.15, 0.2) is 18.2 Å². The molecule has 94 valence electrons. The summed E-state index contributed by atoms with van der Waals surface area (Å²) in [5, 5.41) is 2.92. The summed E-state index contributed by atoms with van der Waals surface area (Å²) < 4.78 is 5.03. The molecule has 1 amide bonds. The van der Waals surface area contributed by atoms with Gasteiger partial charge in [-0.25, -0.2) is 4.98 Å². The summed E-state index contributed by atoms with van der Waals surface area (Å²) in [6, 6.07) is 5.68. The molecule has 18 heavy (non-hydrogen) atoms. The van der Waals surface area contributed by atoms with E-state index < -0.39 is 0 Å². The molecule has 1 aromatic carbocycles. The molecule has 0 saturated heterocycles. The van der Waals surface area contributed by atoms with E-state index in [1.165, 1.54) is 0 Å². The highest BCUT2D eigenvalue weighted by atomic mass is 16.5. The molecule has 1 aromatic heterocycles. The van der Waals surface area contributed by atoms with Crippen LogP contribution in [0.3, 0.4) is 0 Å². The largest absolute Gasteiger partial charge is 0.377 e. The molecule has 3 rings (SSSR count). The Morgan fingerprint density at radius 2 is 2.39 bits per heavy atom. The van der Waals surface area contributed by atoms with Gasteiger partial charge in [0.25, 0.3) is 0 Å². The van der Waals surface area contributed by atoms with Crippen LogP contribution in [0.5, 0.6) is 0 Å². The Labute approximate surface area is 105 Å². The Bertz CT molecular complexity index is 587. The minimum Gasteiger partial charge on any atom is -0.377 e. The molecule has 2 N–H and O–H groups in total. The molecule has 1 aliphatic rings. The molecule has 1 saturated carbocycles. The van der Waals surface area contributed by atoms with Gasteiger partial charge in [-0.05, 0) is 31.0 Å². The summed E-state index contributed by atoms with van der Waals surface area (Å²) >= 11 is 0. The van der Waals surface area contributed by atoms with E-state index in [4.69, 9.17) is 4.74 Å².